The number of anilines is 1. The summed E-state index contributed by atoms with van der Waals surface area (Å²) >= 11 is 1.45. The highest BCUT2D eigenvalue weighted by Gasteiger charge is 2.04. The predicted octanol–water partition coefficient (Wildman–Crippen LogP) is 2.21. The molecule has 5 heteroatoms. The summed E-state index contributed by atoms with van der Waals surface area (Å²) in [7, 11) is 0. The Morgan fingerprint density at radius 2 is 2.06 bits per heavy atom. The molecule has 1 heterocycles. The average Bonchev–Trinajstić information content (AvgIpc) is 2.73. The third-order valence-corrected chi connectivity index (χ3v) is 2.81. The monoisotopic (exact) mass is 233 g/mol. The van der Waals surface area contributed by atoms with E-state index in [0.717, 1.165) is 5.69 Å². The molecule has 0 atom stereocenters. The number of hydrogen-bond acceptors (Lipinski definition) is 4. The van der Waals surface area contributed by atoms with E-state index in [2.05, 4.69) is 15.8 Å². The highest BCUT2D eigenvalue weighted by Crippen LogP contribution is 2.12. The van der Waals surface area contributed by atoms with E-state index in [9.17, 15) is 4.79 Å². The highest BCUT2D eigenvalue weighted by atomic mass is 32.1. The fourth-order valence-corrected chi connectivity index (χ4v) is 1.82. The summed E-state index contributed by atoms with van der Waals surface area (Å²) in [5.41, 5.74) is 6.91. The van der Waals surface area contributed by atoms with Crippen molar-refractivity contribution in [2.24, 2.45) is 0 Å². The zero-order valence-corrected chi connectivity index (χ0v) is 9.54. The molecule has 1 amide bonds. The maximum atomic E-state index is 11.6. The minimum absolute atomic E-state index is 0.173. The third kappa shape index (κ3) is 2.58. The molecule has 0 bridgehead atoms. The number of aryl methyl sites for hydroxylation is 1. The Balaban J connectivity index is 1.94. The van der Waals surface area contributed by atoms with Crippen LogP contribution in [0.25, 0.3) is 0 Å². The molecule has 1 aromatic carbocycles. The molecule has 0 saturated carbocycles. The number of hydrogen-bond donors (Lipinski definition) is 2. The molecule has 0 unspecified atom stereocenters. The van der Waals surface area contributed by atoms with Crippen molar-refractivity contribution >= 4 is 22.4 Å². The molecule has 0 aliphatic rings. The lowest BCUT2D eigenvalue weighted by molar-refractivity contribution is 0.0962. The minimum atomic E-state index is -0.173. The molecule has 0 aliphatic carbocycles. The van der Waals surface area contributed by atoms with Crippen LogP contribution in [-0.4, -0.2) is 10.9 Å². The topological polar surface area (TPSA) is 54.0 Å². The van der Waals surface area contributed by atoms with Crippen molar-refractivity contribution in [2.75, 3.05) is 5.43 Å². The predicted molar refractivity (Wildman–Crippen MR) is 64.4 cm³/mol. The van der Waals surface area contributed by atoms with E-state index in [1.54, 1.807) is 12.1 Å². The van der Waals surface area contributed by atoms with Gasteiger partial charge in [0.1, 0.15) is 0 Å². The van der Waals surface area contributed by atoms with Crippen molar-refractivity contribution in [2.45, 2.75) is 6.92 Å². The van der Waals surface area contributed by atoms with Crippen LogP contribution in [0.1, 0.15) is 16.1 Å². The number of thiazole rings is 1. The molecule has 0 radical (unpaired) electrons. The van der Waals surface area contributed by atoms with Gasteiger partial charge in [-0.3, -0.25) is 15.6 Å². The third-order valence-electron chi connectivity index (χ3n) is 1.94. The number of nitrogens with zero attached hydrogens (tertiary/aromatic N) is 1. The summed E-state index contributed by atoms with van der Waals surface area (Å²) in [4.78, 5) is 15.8. The molecule has 2 N–H and O–H groups in total. The minimum Gasteiger partial charge on any atom is -0.273 e. The molecule has 16 heavy (non-hydrogen) atoms. The number of amides is 1. The van der Waals surface area contributed by atoms with Crippen LogP contribution in [0.15, 0.2) is 35.7 Å². The van der Waals surface area contributed by atoms with Gasteiger partial charge < -0.3 is 0 Å². The van der Waals surface area contributed by atoms with Gasteiger partial charge in [-0.05, 0) is 19.1 Å². The van der Waals surface area contributed by atoms with Crippen LogP contribution in [0.4, 0.5) is 5.13 Å². The van der Waals surface area contributed by atoms with E-state index in [1.165, 1.54) is 11.3 Å². The van der Waals surface area contributed by atoms with Gasteiger partial charge in [0.25, 0.3) is 5.91 Å². The van der Waals surface area contributed by atoms with Crippen molar-refractivity contribution in [1.82, 2.24) is 10.4 Å². The van der Waals surface area contributed by atoms with Gasteiger partial charge in [0.15, 0.2) is 0 Å². The van der Waals surface area contributed by atoms with Gasteiger partial charge in [-0.15, -0.1) is 11.3 Å². The van der Waals surface area contributed by atoms with Gasteiger partial charge in [0.2, 0.25) is 5.13 Å². The molecule has 0 aliphatic heterocycles. The SMILES string of the molecule is Cc1csc(NNC(=O)c2ccccc2)n1. The van der Waals surface area contributed by atoms with Gasteiger partial charge in [-0.1, -0.05) is 18.2 Å². The zero-order valence-electron chi connectivity index (χ0n) is 8.73. The standard InChI is InChI=1S/C11H11N3OS/c1-8-7-16-11(12-8)14-13-10(15)9-5-3-2-4-6-9/h2-7H,1H3,(H,12,14)(H,13,15). The Morgan fingerprint density at radius 3 is 2.69 bits per heavy atom. The highest BCUT2D eigenvalue weighted by molar-refractivity contribution is 7.13. The number of rotatable bonds is 3. The summed E-state index contributed by atoms with van der Waals surface area (Å²) in [6, 6.07) is 9.02. The van der Waals surface area contributed by atoms with Crippen LogP contribution in [0.3, 0.4) is 0 Å². The van der Waals surface area contributed by atoms with E-state index in [4.69, 9.17) is 0 Å². The number of benzene rings is 1. The summed E-state index contributed by atoms with van der Waals surface area (Å²) in [5.74, 6) is -0.173. The van der Waals surface area contributed by atoms with Gasteiger partial charge in [0, 0.05) is 10.9 Å². The Labute approximate surface area is 97.3 Å². The first-order chi connectivity index (χ1) is 7.75. The molecule has 0 spiro atoms. The largest absolute Gasteiger partial charge is 0.273 e. The second-order valence-electron chi connectivity index (χ2n) is 3.24. The lowest BCUT2D eigenvalue weighted by Gasteiger charge is -2.04. The van der Waals surface area contributed by atoms with Crippen molar-refractivity contribution in [3.63, 3.8) is 0 Å². The Kier molecular flexibility index (Phi) is 3.16. The Bertz CT molecular complexity index is 481. The quantitative estimate of drug-likeness (QED) is 0.799. The molecule has 1 aromatic heterocycles. The maximum Gasteiger partial charge on any atom is 0.269 e. The summed E-state index contributed by atoms with van der Waals surface area (Å²) in [6.07, 6.45) is 0. The van der Waals surface area contributed by atoms with Gasteiger partial charge in [-0.2, -0.15) is 0 Å². The van der Waals surface area contributed by atoms with E-state index in [1.807, 2.05) is 30.5 Å². The zero-order chi connectivity index (χ0) is 11.4. The summed E-state index contributed by atoms with van der Waals surface area (Å²) in [5, 5.41) is 2.60. The van der Waals surface area contributed by atoms with Crippen LogP contribution in [0.2, 0.25) is 0 Å². The van der Waals surface area contributed by atoms with Crippen molar-refractivity contribution < 1.29 is 4.79 Å². The number of hydrazine groups is 1. The van der Waals surface area contributed by atoms with Gasteiger partial charge >= 0.3 is 0 Å². The van der Waals surface area contributed by atoms with Crippen LogP contribution < -0.4 is 10.9 Å². The summed E-state index contributed by atoms with van der Waals surface area (Å²) in [6.45, 7) is 1.90. The second kappa shape index (κ2) is 4.76. The van der Waals surface area contributed by atoms with Crippen molar-refractivity contribution in [3.05, 3.63) is 47.0 Å². The van der Waals surface area contributed by atoms with Crippen LogP contribution in [0.5, 0.6) is 0 Å². The van der Waals surface area contributed by atoms with Crippen molar-refractivity contribution in [1.29, 1.82) is 0 Å². The Hall–Kier alpha value is -1.88. The van der Waals surface area contributed by atoms with Crippen LogP contribution in [0, 0.1) is 6.92 Å². The fourth-order valence-electron chi connectivity index (χ4n) is 1.18. The molecule has 4 nitrogen and oxygen atoms in total. The smallest absolute Gasteiger partial charge is 0.269 e. The van der Waals surface area contributed by atoms with Gasteiger partial charge in [-0.25, -0.2) is 4.98 Å². The molecular weight excluding hydrogens is 222 g/mol. The van der Waals surface area contributed by atoms with E-state index in [0.29, 0.717) is 10.7 Å². The lowest BCUT2D eigenvalue weighted by Crippen LogP contribution is -2.29. The molecular formula is C11H11N3OS. The molecule has 0 saturated heterocycles. The van der Waals surface area contributed by atoms with Gasteiger partial charge in [0.05, 0.1) is 5.69 Å². The fraction of sp³-hybridized carbons (Fsp3) is 0.0909. The normalized spacial score (nSPS) is 9.81. The molecule has 82 valence electrons. The number of aromatic nitrogens is 1. The van der Waals surface area contributed by atoms with Crippen molar-refractivity contribution in [3.8, 4) is 0 Å². The first kappa shape index (κ1) is 10.6. The first-order valence-electron chi connectivity index (χ1n) is 4.79. The first-order valence-corrected chi connectivity index (χ1v) is 5.67. The Morgan fingerprint density at radius 1 is 1.31 bits per heavy atom. The summed E-state index contributed by atoms with van der Waals surface area (Å²) < 4.78 is 0. The molecule has 2 aromatic rings. The lowest BCUT2D eigenvalue weighted by atomic mass is 10.2. The molecule has 0 fully saturated rings. The number of carbonyl (C=O) groups is 1. The number of carbonyl (C=O) groups excluding carboxylic acids is 1. The second-order valence-corrected chi connectivity index (χ2v) is 4.10. The maximum absolute atomic E-state index is 11.6. The number of nitrogens with one attached hydrogen (secondary N) is 2. The van der Waals surface area contributed by atoms with Crippen LogP contribution >= 0.6 is 11.3 Å². The van der Waals surface area contributed by atoms with E-state index < -0.39 is 0 Å². The van der Waals surface area contributed by atoms with Crippen LogP contribution in [-0.2, 0) is 0 Å². The van der Waals surface area contributed by atoms with E-state index in [-0.39, 0.29) is 5.91 Å². The molecule has 2 rings (SSSR count). The average molecular weight is 233 g/mol. The van der Waals surface area contributed by atoms with E-state index >= 15 is 0 Å².